The van der Waals surface area contributed by atoms with Crippen LogP contribution in [0.25, 0.3) is 0 Å². The lowest BCUT2D eigenvalue weighted by molar-refractivity contribution is -0.129. The lowest BCUT2D eigenvalue weighted by atomic mass is 10.1. The van der Waals surface area contributed by atoms with Gasteiger partial charge in [-0.1, -0.05) is 24.3 Å². The van der Waals surface area contributed by atoms with Crippen molar-refractivity contribution in [3.63, 3.8) is 0 Å². The van der Waals surface area contributed by atoms with Crippen LogP contribution in [0.15, 0.2) is 35.7 Å². The lowest BCUT2D eigenvalue weighted by Gasteiger charge is -2.12. The number of carbonyl (C=O) groups is 3. The largest absolute Gasteiger partial charge is 0.483 e. The Kier molecular flexibility index (Phi) is 6.53. The van der Waals surface area contributed by atoms with Crippen LogP contribution in [0, 0.1) is 13.8 Å². The molecule has 0 bridgehead atoms. The SMILES string of the molecule is Cc1cccc(C)c1OCC(=O)NNC(=O)CNC(=O)c1cccs1. The normalized spacial score (nSPS) is 10.0. The minimum Gasteiger partial charge on any atom is -0.483 e. The van der Waals surface area contributed by atoms with Gasteiger partial charge in [0.2, 0.25) is 0 Å². The number of hydrogen-bond acceptors (Lipinski definition) is 5. The van der Waals surface area contributed by atoms with Crippen LogP contribution in [0.4, 0.5) is 0 Å². The van der Waals surface area contributed by atoms with Crippen LogP contribution in [0.1, 0.15) is 20.8 Å². The fraction of sp³-hybridized carbons (Fsp3) is 0.235. The molecule has 0 saturated carbocycles. The molecule has 0 fully saturated rings. The van der Waals surface area contributed by atoms with Gasteiger partial charge in [0.15, 0.2) is 6.61 Å². The maximum absolute atomic E-state index is 11.7. The monoisotopic (exact) mass is 361 g/mol. The van der Waals surface area contributed by atoms with Crippen molar-refractivity contribution in [3.8, 4) is 5.75 Å². The van der Waals surface area contributed by atoms with Gasteiger partial charge >= 0.3 is 0 Å². The van der Waals surface area contributed by atoms with Gasteiger partial charge in [-0.05, 0) is 36.4 Å². The smallest absolute Gasteiger partial charge is 0.276 e. The summed E-state index contributed by atoms with van der Waals surface area (Å²) in [4.78, 5) is 35.6. The zero-order valence-electron chi connectivity index (χ0n) is 13.9. The second-order valence-corrected chi connectivity index (χ2v) is 6.21. The highest BCUT2D eigenvalue weighted by molar-refractivity contribution is 7.12. The molecule has 25 heavy (non-hydrogen) atoms. The molecule has 2 aromatic rings. The number of aryl methyl sites for hydroxylation is 2. The van der Waals surface area contributed by atoms with Gasteiger partial charge in [0.25, 0.3) is 17.7 Å². The highest BCUT2D eigenvalue weighted by Gasteiger charge is 2.10. The van der Waals surface area contributed by atoms with Gasteiger partial charge in [0.1, 0.15) is 5.75 Å². The number of carbonyl (C=O) groups excluding carboxylic acids is 3. The van der Waals surface area contributed by atoms with E-state index in [0.717, 1.165) is 11.1 Å². The summed E-state index contributed by atoms with van der Waals surface area (Å²) < 4.78 is 5.48. The Morgan fingerprint density at radius 1 is 1.00 bits per heavy atom. The molecule has 0 radical (unpaired) electrons. The lowest BCUT2D eigenvalue weighted by Crippen LogP contribution is -2.47. The van der Waals surface area contributed by atoms with Crippen LogP contribution < -0.4 is 20.9 Å². The molecule has 0 aliphatic rings. The predicted octanol–water partition coefficient (Wildman–Crippen LogP) is 1.32. The Bertz CT molecular complexity index is 739. The molecular weight excluding hydrogens is 342 g/mol. The molecule has 0 unspecified atom stereocenters. The Morgan fingerprint density at radius 2 is 1.68 bits per heavy atom. The van der Waals surface area contributed by atoms with Crippen molar-refractivity contribution in [3.05, 3.63) is 51.7 Å². The van der Waals surface area contributed by atoms with Crippen molar-refractivity contribution >= 4 is 29.1 Å². The second kappa shape index (κ2) is 8.84. The van der Waals surface area contributed by atoms with E-state index in [1.54, 1.807) is 17.5 Å². The van der Waals surface area contributed by atoms with Gasteiger partial charge in [0, 0.05) is 0 Å². The number of hydrogen-bond donors (Lipinski definition) is 3. The van der Waals surface area contributed by atoms with Crippen molar-refractivity contribution in [1.29, 1.82) is 0 Å². The summed E-state index contributed by atoms with van der Waals surface area (Å²) in [6, 6.07) is 9.08. The fourth-order valence-corrected chi connectivity index (χ4v) is 2.68. The average molecular weight is 361 g/mol. The summed E-state index contributed by atoms with van der Waals surface area (Å²) in [6.07, 6.45) is 0. The minimum absolute atomic E-state index is 0.229. The molecule has 2 rings (SSSR count). The first-order valence-electron chi connectivity index (χ1n) is 7.56. The molecule has 1 aromatic carbocycles. The zero-order valence-corrected chi connectivity index (χ0v) is 14.7. The van der Waals surface area contributed by atoms with E-state index in [0.29, 0.717) is 10.6 Å². The molecule has 7 nitrogen and oxygen atoms in total. The van der Waals surface area contributed by atoms with Crippen LogP contribution in [-0.4, -0.2) is 30.9 Å². The third-order valence-electron chi connectivity index (χ3n) is 3.25. The maximum Gasteiger partial charge on any atom is 0.276 e. The molecular formula is C17H19N3O4S. The van der Waals surface area contributed by atoms with Crippen LogP contribution in [-0.2, 0) is 9.59 Å². The zero-order chi connectivity index (χ0) is 18.2. The Labute approximate surface area is 149 Å². The van der Waals surface area contributed by atoms with Gasteiger partial charge in [-0.25, -0.2) is 0 Å². The van der Waals surface area contributed by atoms with E-state index in [-0.39, 0.29) is 19.1 Å². The molecule has 0 aliphatic carbocycles. The van der Waals surface area contributed by atoms with Crippen LogP contribution in [0.5, 0.6) is 5.75 Å². The molecule has 132 valence electrons. The van der Waals surface area contributed by atoms with Gasteiger partial charge in [-0.3, -0.25) is 25.2 Å². The molecule has 0 atom stereocenters. The molecule has 3 N–H and O–H groups in total. The standard InChI is InChI=1S/C17H19N3O4S/c1-11-5-3-6-12(2)16(11)24-10-15(22)20-19-14(21)9-18-17(23)13-7-4-8-25-13/h3-8H,9-10H2,1-2H3,(H,18,23)(H,19,21)(H,20,22). The second-order valence-electron chi connectivity index (χ2n) is 5.27. The summed E-state index contributed by atoms with van der Waals surface area (Å²) in [5.74, 6) is -0.729. The maximum atomic E-state index is 11.7. The topological polar surface area (TPSA) is 96.5 Å². The van der Waals surface area contributed by atoms with E-state index in [4.69, 9.17) is 4.74 Å². The predicted molar refractivity (Wildman–Crippen MR) is 94.3 cm³/mol. The Hall–Kier alpha value is -2.87. The molecule has 1 aromatic heterocycles. The summed E-state index contributed by atoms with van der Waals surface area (Å²) in [5.41, 5.74) is 6.31. The van der Waals surface area contributed by atoms with Crippen molar-refractivity contribution in [2.24, 2.45) is 0 Å². The molecule has 3 amide bonds. The quantitative estimate of drug-likeness (QED) is 0.676. The van der Waals surface area contributed by atoms with E-state index in [2.05, 4.69) is 16.2 Å². The third kappa shape index (κ3) is 5.61. The number of rotatable bonds is 6. The van der Waals surface area contributed by atoms with Crippen molar-refractivity contribution < 1.29 is 19.1 Å². The van der Waals surface area contributed by atoms with Gasteiger partial charge < -0.3 is 10.1 Å². The van der Waals surface area contributed by atoms with Crippen molar-refractivity contribution in [2.45, 2.75) is 13.8 Å². The highest BCUT2D eigenvalue weighted by atomic mass is 32.1. The first-order valence-corrected chi connectivity index (χ1v) is 8.43. The number of hydrazine groups is 1. The average Bonchev–Trinajstić information content (AvgIpc) is 3.12. The first kappa shape index (κ1) is 18.5. The Morgan fingerprint density at radius 3 is 2.32 bits per heavy atom. The van der Waals surface area contributed by atoms with E-state index in [9.17, 15) is 14.4 Å². The number of amides is 3. The van der Waals surface area contributed by atoms with Crippen LogP contribution in [0.2, 0.25) is 0 Å². The van der Waals surface area contributed by atoms with Crippen molar-refractivity contribution in [2.75, 3.05) is 13.2 Å². The molecule has 1 heterocycles. The summed E-state index contributed by atoms with van der Waals surface area (Å²) >= 11 is 1.28. The van der Waals surface area contributed by atoms with Crippen LogP contribution in [0.3, 0.4) is 0 Å². The molecule has 0 spiro atoms. The number of nitrogens with one attached hydrogen (secondary N) is 3. The van der Waals surface area contributed by atoms with E-state index >= 15 is 0 Å². The van der Waals surface area contributed by atoms with Crippen LogP contribution >= 0.6 is 11.3 Å². The van der Waals surface area contributed by atoms with Gasteiger partial charge in [-0.15, -0.1) is 11.3 Å². The van der Waals surface area contributed by atoms with E-state index in [1.165, 1.54) is 11.3 Å². The summed E-state index contributed by atoms with van der Waals surface area (Å²) in [7, 11) is 0. The molecule has 0 saturated heterocycles. The highest BCUT2D eigenvalue weighted by Crippen LogP contribution is 2.21. The summed E-state index contributed by atoms with van der Waals surface area (Å²) in [5, 5.41) is 4.23. The molecule has 0 aliphatic heterocycles. The van der Waals surface area contributed by atoms with Gasteiger partial charge in [-0.2, -0.15) is 0 Å². The summed E-state index contributed by atoms with van der Waals surface area (Å²) in [6.45, 7) is 3.30. The fourth-order valence-electron chi connectivity index (χ4n) is 2.04. The number of thiophene rings is 1. The third-order valence-corrected chi connectivity index (χ3v) is 4.12. The Balaban J connectivity index is 1.69. The van der Waals surface area contributed by atoms with Gasteiger partial charge in [0.05, 0.1) is 11.4 Å². The van der Waals surface area contributed by atoms with E-state index < -0.39 is 11.8 Å². The number of ether oxygens (including phenoxy) is 1. The van der Waals surface area contributed by atoms with E-state index in [1.807, 2.05) is 32.0 Å². The molecule has 8 heteroatoms. The minimum atomic E-state index is -0.537. The van der Waals surface area contributed by atoms with Crippen molar-refractivity contribution in [1.82, 2.24) is 16.2 Å². The first-order chi connectivity index (χ1) is 12.0. The number of para-hydroxylation sites is 1. The number of benzene rings is 1.